The van der Waals surface area contributed by atoms with Gasteiger partial charge in [0.05, 0.1) is 5.92 Å². The number of carboxylic acid groups (broad SMARTS) is 1. The largest absolute Gasteiger partial charge is 0.480 e. The zero-order valence-corrected chi connectivity index (χ0v) is 11.3. The highest BCUT2D eigenvalue weighted by molar-refractivity contribution is 5.73. The van der Waals surface area contributed by atoms with Crippen LogP contribution in [-0.4, -0.2) is 29.8 Å². The monoisotopic (exact) mass is 281 g/mol. The van der Waals surface area contributed by atoms with Crippen molar-refractivity contribution in [1.29, 1.82) is 0 Å². The molecule has 0 aromatic heterocycles. The van der Waals surface area contributed by atoms with E-state index in [1.54, 1.807) is 0 Å². The Balaban J connectivity index is 2.35. The average Bonchev–Trinajstić information content (AvgIpc) is 2.27. The molecular formula is C13H22F3NO2. The average molecular weight is 281 g/mol. The fraction of sp³-hybridized carbons (Fsp3) is 0.923. The van der Waals surface area contributed by atoms with E-state index in [9.17, 15) is 18.0 Å². The lowest BCUT2D eigenvalue weighted by Gasteiger charge is -2.31. The van der Waals surface area contributed by atoms with Crippen LogP contribution in [0, 0.1) is 17.8 Å². The van der Waals surface area contributed by atoms with Gasteiger partial charge in [-0.2, -0.15) is 13.2 Å². The molecule has 0 amide bonds. The molecule has 0 unspecified atom stereocenters. The minimum Gasteiger partial charge on any atom is -0.480 e. The van der Waals surface area contributed by atoms with E-state index in [0.29, 0.717) is 19.4 Å². The van der Waals surface area contributed by atoms with Crippen LogP contribution in [0.2, 0.25) is 0 Å². The van der Waals surface area contributed by atoms with Gasteiger partial charge in [0.25, 0.3) is 0 Å². The van der Waals surface area contributed by atoms with Crippen molar-refractivity contribution in [3.05, 3.63) is 0 Å². The first-order valence-corrected chi connectivity index (χ1v) is 6.74. The van der Waals surface area contributed by atoms with Crippen molar-refractivity contribution < 1.29 is 23.1 Å². The maximum absolute atomic E-state index is 12.5. The summed E-state index contributed by atoms with van der Waals surface area (Å²) in [6.07, 6.45) is -2.73. The Bertz CT molecular complexity index is 297. The molecule has 0 heterocycles. The van der Waals surface area contributed by atoms with Gasteiger partial charge in [0, 0.05) is 0 Å². The second kappa shape index (κ2) is 6.59. The van der Waals surface area contributed by atoms with Crippen LogP contribution in [0.1, 0.15) is 39.5 Å². The molecule has 1 saturated carbocycles. The van der Waals surface area contributed by atoms with E-state index in [1.807, 2.05) is 13.8 Å². The summed E-state index contributed by atoms with van der Waals surface area (Å²) in [4.78, 5) is 11.0. The van der Waals surface area contributed by atoms with E-state index >= 15 is 0 Å². The standard InChI is InChI=1S/C13H22F3NO2/c1-8(2)11(12(18)19)17-7-9-3-5-10(6-4-9)13(14,15)16/h8-11,17H,3-7H2,1-2H3,(H,18,19)/t9?,10?,11-/m0/s1. The normalized spacial score (nSPS) is 26.4. The van der Waals surface area contributed by atoms with Crippen molar-refractivity contribution in [3.8, 4) is 0 Å². The smallest absolute Gasteiger partial charge is 0.391 e. The van der Waals surface area contributed by atoms with E-state index in [-0.39, 0.29) is 24.7 Å². The first-order valence-electron chi connectivity index (χ1n) is 6.74. The Morgan fingerprint density at radius 3 is 2.16 bits per heavy atom. The third-order valence-electron chi connectivity index (χ3n) is 3.87. The minimum atomic E-state index is -4.08. The molecule has 0 spiro atoms. The predicted octanol–water partition coefficient (Wildman–Crippen LogP) is 3.05. The molecule has 19 heavy (non-hydrogen) atoms. The first-order chi connectivity index (χ1) is 8.71. The van der Waals surface area contributed by atoms with Crippen LogP contribution in [0.25, 0.3) is 0 Å². The van der Waals surface area contributed by atoms with Crippen LogP contribution < -0.4 is 5.32 Å². The highest BCUT2D eigenvalue weighted by atomic mass is 19.4. The van der Waals surface area contributed by atoms with Crippen molar-refractivity contribution in [2.45, 2.75) is 51.7 Å². The number of carbonyl (C=O) groups is 1. The summed E-state index contributed by atoms with van der Waals surface area (Å²) in [5.41, 5.74) is 0. The molecule has 1 aliphatic carbocycles. The van der Waals surface area contributed by atoms with Gasteiger partial charge in [-0.1, -0.05) is 13.8 Å². The topological polar surface area (TPSA) is 49.3 Å². The molecule has 0 bridgehead atoms. The molecule has 0 aromatic rings. The lowest BCUT2D eigenvalue weighted by molar-refractivity contribution is -0.183. The van der Waals surface area contributed by atoms with Crippen LogP contribution in [0.3, 0.4) is 0 Å². The van der Waals surface area contributed by atoms with Crippen LogP contribution in [0.4, 0.5) is 13.2 Å². The van der Waals surface area contributed by atoms with Gasteiger partial charge in [-0.25, -0.2) is 0 Å². The second-order valence-electron chi connectivity index (χ2n) is 5.73. The quantitative estimate of drug-likeness (QED) is 0.814. The molecule has 1 aliphatic rings. The molecule has 1 fully saturated rings. The van der Waals surface area contributed by atoms with E-state index in [0.717, 1.165) is 0 Å². The van der Waals surface area contributed by atoms with Crippen molar-refractivity contribution in [1.82, 2.24) is 5.32 Å². The first kappa shape index (κ1) is 16.3. The summed E-state index contributed by atoms with van der Waals surface area (Å²) in [7, 11) is 0. The molecule has 3 nitrogen and oxygen atoms in total. The Labute approximate surface area is 111 Å². The molecule has 112 valence electrons. The Hall–Kier alpha value is -0.780. The molecule has 0 saturated heterocycles. The third-order valence-corrected chi connectivity index (χ3v) is 3.87. The van der Waals surface area contributed by atoms with E-state index in [2.05, 4.69) is 5.32 Å². The van der Waals surface area contributed by atoms with Crippen molar-refractivity contribution in [2.75, 3.05) is 6.54 Å². The lowest BCUT2D eigenvalue weighted by Crippen LogP contribution is -2.43. The number of halogens is 3. The van der Waals surface area contributed by atoms with Crippen LogP contribution in [0.15, 0.2) is 0 Å². The Kier molecular flexibility index (Phi) is 5.64. The maximum atomic E-state index is 12.5. The zero-order valence-electron chi connectivity index (χ0n) is 11.3. The SMILES string of the molecule is CC(C)[C@H](NCC1CCC(C(F)(F)F)CC1)C(=O)O. The van der Waals surface area contributed by atoms with Crippen molar-refractivity contribution in [3.63, 3.8) is 0 Å². The van der Waals surface area contributed by atoms with E-state index in [1.165, 1.54) is 0 Å². The van der Waals surface area contributed by atoms with Gasteiger partial charge in [0.1, 0.15) is 6.04 Å². The summed E-state index contributed by atoms with van der Waals surface area (Å²) in [5.74, 6) is -1.97. The predicted molar refractivity (Wildman–Crippen MR) is 65.8 cm³/mol. The number of hydrogen-bond acceptors (Lipinski definition) is 2. The fourth-order valence-electron chi connectivity index (χ4n) is 2.60. The van der Waals surface area contributed by atoms with Crippen molar-refractivity contribution >= 4 is 5.97 Å². The summed E-state index contributed by atoms with van der Waals surface area (Å²) in [5, 5.41) is 12.0. The highest BCUT2D eigenvalue weighted by Crippen LogP contribution is 2.39. The Morgan fingerprint density at radius 1 is 1.26 bits per heavy atom. The van der Waals surface area contributed by atoms with Gasteiger partial charge in [-0.05, 0) is 44.1 Å². The third kappa shape index (κ3) is 5.01. The Morgan fingerprint density at radius 2 is 1.79 bits per heavy atom. The summed E-state index contributed by atoms with van der Waals surface area (Å²) >= 11 is 0. The minimum absolute atomic E-state index is 0.0379. The maximum Gasteiger partial charge on any atom is 0.391 e. The molecule has 0 aromatic carbocycles. The highest BCUT2D eigenvalue weighted by Gasteiger charge is 2.41. The van der Waals surface area contributed by atoms with E-state index in [4.69, 9.17) is 5.11 Å². The summed E-state index contributed by atoms with van der Waals surface area (Å²) in [6, 6.07) is -0.625. The van der Waals surface area contributed by atoms with E-state index < -0.39 is 24.1 Å². The molecular weight excluding hydrogens is 259 g/mol. The number of rotatable bonds is 5. The molecule has 1 rings (SSSR count). The second-order valence-corrected chi connectivity index (χ2v) is 5.73. The molecule has 0 aliphatic heterocycles. The molecule has 1 atom stereocenters. The molecule has 0 radical (unpaired) electrons. The van der Waals surface area contributed by atoms with Gasteiger partial charge >= 0.3 is 12.1 Å². The van der Waals surface area contributed by atoms with Gasteiger partial charge < -0.3 is 10.4 Å². The van der Waals surface area contributed by atoms with Gasteiger partial charge in [-0.3, -0.25) is 4.79 Å². The molecule has 2 N–H and O–H groups in total. The number of carboxylic acids is 1. The van der Waals surface area contributed by atoms with Gasteiger partial charge in [-0.15, -0.1) is 0 Å². The number of nitrogens with one attached hydrogen (secondary N) is 1. The van der Waals surface area contributed by atoms with Crippen molar-refractivity contribution in [2.24, 2.45) is 17.8 Å². The number of hydrogen-bond donors (Lipinski definition) is 2. The number of alkyl halides is 3. The fourth-order valence-corrected chi connectivity index (χ4v) is 2.60. The summed E-state index contributed by atoms with van der Waals surface area (Å²) < 4.78 is 37.5. The summed E-state index contributed by atoms with van der Waals surface area (Å²) in [6.45, 7) is 4.11. The van der Waals surface area contributed by atoms with Gasteiger partial charge in [0.2, 0.25) is 0 Å². The van der Waals surface area contributed by atoms with Crippen LogP contribution in [0.5, 0.6) is 0 Å². The van der Waals surface area contributed by atoms with Crippen LogP contribution >= 0.6 is 0 Å². The lowest BCUT2D eigenvalue weighted by atomic mass is 9.81. The molecule has 6 heteroatoms. The number of aliphatic carboxylic acids is 1. The van der Waals surface area contributed by atoms with Gasteiger partial charge in [0.15, 0.2) is 0 Å². The zero-order chi connectivity index (χ0) is 14.6. The van der Waals surface area contributed by atoms with Crippen LogP contribution in [-0.2, 0) is 4.79 Å².